The molecule has 0 aliphatic heterocycles. The quantitative estimate of drug-likeness (QED) is 0.510. The van der Waals surface area contributed by atoms with Gasteiger partial charge in [-0.05, 0) is 70.3 Å². The van der Waals surface area contributed by atoms with Crippen molar-refractivity contribution < 1.29 is 19.2 Å². The van der Waals surface area contributed by atoms with E-state index in [4.69, 9.17) is 5.73 Å². The zero-order chi connectivity index (χ0) is 23.1. The Morgan fingerprint density at radius 1 is 0.933 bits per heavy atom. The molecule has 0 heterocycles. The Bertz CT molecular complexity index is 558. The molecular weight excluding hydrogens is 380 g/mol. The topological polar surface area (TPSA) is 97.5 Å². The molecule has 0 spiro atoms. The maximum atomic E-state index is 11.6. The second-order valence-corrected chi connectivity index (χ2v) is 8.28. The van der Waals surface area contributed by atoms with Crippen molar-refractivity contribution in [2.45, 2.75) is 86.0 Å². The van der Waals surface area contributed by atoms with Gasteiger partial charge in [-0.3, -0.25) is 24.1 Å². The molecule has 0 bridgehead atoms. The Morgan fingerprint density at radius 3 is 1.83 bits per heavy atom. The Kier molecular flexibility index (Phi) is 14.8. The van der Waals surface area contributed by atoms with Gasteiger partial charge in [-0.1, -0.05) is 39.7 Å². The van der Waals surface area contributed by atoms with Gasteiger partial charge in [0.25, 0.3) is 5.91 Å². The lowest BCUT2D eigenvalue weighted by atomic mass is 9.81. The van der Waals surface area contributed by atoms with E-state index < -0.39 is 0 Å². The molecule has 2 saturated carbocycles. The molecule has 0 aromatic rings. The summed E-state index contributed by atoms with van der Waals surface area (Å²) >= 11 is 0. The molecule has 2 aliphatic rings. The summed E-state index contributed by atoms with van der Waals surface area (Å²) < 4.78 is 0. The van der Waals surface area contributed by atoms with Gasteiger partial charge in [-0.2, -0.15) is 0 Å². The highest BCUT2D eigenvalue weighted by Crippen LogP contribution is 2.29. The number of ketones is 1. The van der Waals surface area contributed by atoms with E-state index in [1.807, 2.05) is 13.8 Å². The first kappa shape index (κ1) is 28.0. The summed E-state index contributed by atoms with van der Waals surface area (Å²) in [6.07, 6.45) is 11.5. The van der Waals surface area contributed by atoms with Gasteiger partial charge in [0.05, 0.1) is 0 Å². The van der Waals surface area contributed by atoms with E-state index in [-0.39, 0.29) is 23.7 Å². The van der Waals surface area contributed by atoms with Gasteiger partial charge in [0.2, 0.25) is 12.3 Å². The Hall–Kier alpha value is -1.98. The SMILES string of the molecule is C/C=C\C(=O)N(C=O)CC1CCC(C(N)=O)CC1.CC.CC(=O)C1CCC(C)CC1. The van der Waals surface area contributed by atoms with Gasteiger partial charge in [0.15, 0.2) is 0 Å². The normalized spacial score (nSPS) is 25.8. The number of amides is 3. The van der Waals surface area contributed by atoms with Crippen molar-refractivity contribution in [1.82, 2.24) is 4.90 Å². The van der Waals surface area contributed by atoms with Gasteiger partial charge in [0, 0.05) is 18.4 Å². The second-order valence-electron chi connectivity index (χ2n) is 8.28. The average molecular weight is 423 g/mol. The van der Waals surface area contributed by atoms with Crippen LogP contribution in [0, 0.1) is 23.7 Å². The van der Waals surface area contributed by atoms with E-state index in [1.165, 1.54) is 23.8 Å². The van der Waals surface area contributed by atoms with Gasteiger partial charge >= 0.3 is 0 Å². The number of allylic oxidation sites excluding steroid dienone is 1. The predicted octanol–water partition coefficient (Wildman–Crippen LogP) is 4.27. The highest BCUT2D eigenvalue weighted by molar-refractivity contribution is 5.94. The van der Waals surface area contributed by atoms with E-state index >= 15 is 0 Å². The van der Waals surface area contributed by atoms with Crippen molar-refractivity contribution in [1.29, 1.82) is 0 Å². The molecule has 2 aliphatic carbocycles. The molecule has 0 unspecified atom stereocenters. The Labute approximate surface area is 182 Å². The molecule has 0 aromatic heterocycles. The molecule has 2 rings (SSSR count). The molecule has 6 nitrogen and oxygen atoms in total. The number of imide groups is 1. The third-order valence-electron chi connectivity index (χ3n) is 6.01. The third-order valence-corrected chi connectivity index (χ3v) is 6.01. The maximum Gasteiger partial charge on any atom is 0.252 e. The van der Waals surface area contributed by atoms with Crippen LogP contribution in [-0.4, -0.2) is 35.5 Å². The first-order valence-electron chi connectivity index (χ1n) is 11.5. The first-order valence-corrected chi connectivity index (χ1v) is 11.5. The molecule has 6 heteroatoms. The van der Waals surface area contributed by atoms with Crippen LogP contribution in [-0.2, 0) is 19.2 Å². The molecule has 0 radical (unpaired) electrons. The van der Waals surface area contributed by atoms with Crippen molar-refractivity contribution in [3.63, 3.8) is 0 Å². The number of nitrogens with two attached hydrogens (primary N) is 1. The highest BCUT2D eigenvalue weighted by Gasteiger charge is 2.26. The number of Topliss-reactive ketones (excluding diaryl/α,β-unsaturated/α-hetero) is 1. The number of nitrogens with zero attached hydrogens (tertiary/aromatic N) is 1. The standard InChI is InChI=1S/C13H20N2O3.C9H16O.C2H6/c1-2-3-12(17)15(9-16)8-10-4-6-11(7-5-10)13(14)18;1-7-3-5-9(6-4-7)8(2)10;1-2/h2-3,9-11H,4-8H2,1H3,(H2,14,18);7,9H,3-6H2,1-2H3;1-2H3/b3-2-;;. The number of rotatable bonds is 6. The molecule has 172 valence electrons. The van der Waals surface area contributed by atoms with Crippen LogP contribution >= 0.6 is 0 Å². The molecule has 0 atom stereocenters. The van der Waals surface area contributed by atoms with Crippen LogP contribution in [0.1, 0.15) is 86.0 Å². The lowest BCUT2D eigenvalue weighted by Crippen LogP contribution is -2.36. The molecule has 0 saturated heterocycles. The molecule has 3 amide bonds. The zero-order valence-corrected chi connectivity index (χ0v) is 19.6. The summed E-state index contributed by atoms with van der Waals surface area (Å²) in [6, 6.07) is 0. The monoisotopic (exact) mass is 422 g/mol. The van der Waals surface area contributed by atoms with E-state index in [2.05, 4.69) is 6.92 Å². The van der Waals surface area contributed by atoms with Crippen molar-refractivity contribution in [3.8, 4) is 0 Å². The minimum Gasteiger partial charge on any atom is -0.369 e. The highest BCUT2D eigenvalue weighted by atomic mass is 16.2. The molecule has 2 fully saturated rings. The van der Waals surface area contributed by atoms with E-state index in [0.717, 1.165) is 44.4 Å². The van der Waals surface area contributed by atoms with Crippen LogP contribution in [0.2, 0.25) is 0 Å². The van der Waals surface area contributed by atoms with Gasteiger partial charge in [-0.25, -0.2) is 0 Å². The summed E-state index contributed by atoms with van der Waals surface area (Å²) in [5.41, 5.74) is 5.26. The predicted molar refractivity (Wildman–Crippen MR) is 120 cm³/mol. The summed E-state index contributed by atoms with van der Waals surface area (Å²) in [6.45, 7) is 10.2. The fraction of sp³-hybridized carbons (Fsp3) is 0.750. The van der Waals surface area contributed by atoms with Crippen molar-refractivity contribution in [2.24, 2.45) is 29.4 Å². The van der Waals surface area contributed by atoms with Crippen LogP contribution < -0.4 is 5.73 Å². The lowest BCUT2D eigenvalue weighted by Gasteiger charge is -2.28. The van der Waals surface area contributed by atoms with E-state index in [0.29, 0.717) is 24.7 Å². The van der Waals surface area contributed by atoms with Crippen LogP contribution in [0.5, 0.6) is 0 Å². The van der Waals surface area contributed by atoms with E-state index in [9.17, 15) is 19.2 Å². The number of hydrogen-bond donors (Lipinski definition) is 1. The Balaban J connectivity index is 0.000000590. The smallest absolute Gasteiger partial charge is 0.252 e. The van der Waals surface area contributed by atoms with Crippen molar-refractivity contribution in [2.75, 3.05) is 6.54 Å². The fourth-order valence-corrected chi connectivity index (χ4v) is 4.00. The van der Waals surface area contributed by atoms with Crippen LogP contribution in [0.15, 0.2) is 12.2 Å². The van der Waals surface area contributed by atoms with Gasteiger partial charge < -0.3 is 5.73 Å². The molecular formula is C24H42N2O4. The van der Waals surface area contributed by atoms with Gasteiger partial charge in [-0.15, -0.1) is 0 Å². The van der Waals surface area contributed by atoms with Crippen LogP contribution in [0.3, 0.4) is 0 Å². The van der Waals surface area contributed by atoms with Crippen molar-refractivity contribution >= 4 is 24.0 Å². The van der Waals surface area contributed by atoms with E-state index in [1.54, 1.807) is 19.9 Å². The fourth-order valence-electron chi connectivity index (χ4n) is 4.00. The second kappa shape index (κ2) is 15.8. The summed E-state index contributed by atoms with van der Waals surface area (Å²) in [5, 5.41) is 0. The summed E-state index contributed by atoms with van der Waals surface area (Å²) in [5.74, 6) is 1.35. The third kappa shape index (κ3) is 10.7. The zero-order valence-electron chi connectivity index (χ0n) is 19.6. The minimum atomic E-state index is -0.287. The summed E-state index contributed by atoms with van der Waals surface area (Å²) in [7, 11) is 0. The largest absolute Gasteiger partial charge is 0.369 e. The lowest BCUT2D eigenvalue weighted by molar-refractivity contribution is -0.135. The van der Waals surface area contributed by atoms with Gasteiger partial charge in [0.1, 0.15) is 5.78 Å². The maximum absolute atomic E-state index is 11.6. The molecule has 0 aromatic carbocycles. The number of carbonyl (C=O) groups is 4. The number of carbonyl (C=O) groups excluding carboxylic acids is 4. The van der Waals surface area contributed by atoms with Crippen LogP contribution in [0.25, 0.3) is 0 Å². The summed E-state index contributed by atoms with van der Waals surface area (Å²) in [4.78, 5) is 45.5. The number of primary amides is 1. The first-order chi connectivity index (χ1) is 14.3. The average Bonchev–Trinajstić information content (AvgIpc) is 2.74. The van der Waals surface area contributed by atoms with Crippen LogP contribution in [0.4, 0.5) is 0 Å². The molecule has 30 heavy (non-hydrogen) atoms. The Morgan fingerprint density at radius 2 is 1.43 bits per heavy atom. The van der Waals surface area contributed by atoms with Crippen molar-refractivity contribution in [3.05, 3.63) is 12.2 Å². The number of hydrogen-bond acceptors (Lipinski definition) is 4. The molecule has 2 N–H and O–H groups in total. The minimum absolute atomic E-state index is 0.0443.